The highest BCUT2D eigenvalue weighted by Crippen LogP contribution is 2.47. The lowest BCUT2D eigenvalue weighted by atomic mass is 10.1. The third-order valence-corrected chi connectivity index (χ3v) is 16.8. The molecule has 0 radical (unpaired) electrons. The van der Waals surface area contributed by atoms with E-state index < -0.39 is 15.8 Å². The Labute approximate surface area is 329 Å². The molecular formula is C51H34O4P2. The van der Waals surface area contributed by atoms with Crippen molar-refractivity contribution in [3.05, 3.63) is 170 Å². The first-order valence-electron chi connectivity index (χ1n) is 19.4. The van der Waals surface area contributed by atoms with Gasteiger partial charge in [-0.05, 0) is 104 Å². The predicted octanol–water partition coefficient (Wildman–Crippen LogP) is 13.2. The Morgan fingerprint density at radius 1 is 0.263 bits per heavy atom. The van der Waals surface area contributed by atoms with Crippen LogP contribution in [0.25, 0.3) is 87.8 Å². The molecule has 57 heavy (non-hydrogen) atoms. The SMILES string of the molecule is c1ccc2c(c1)oc1cccc(P(CCCP(c3cccc4oc5ccccc5c34)c3cccc4oc5ccccc5c34)c3cccc4oc5ccccc5c34)c12. The molecule has 0 saturated carbocycles. The summed E-state index contributed by atoms with van der Waals surface area (Å²) in [4.78, 5) is 0. The molecule has 4 aromatic heterocycles. The largest absolute Gasteiger partial charge is 0.456 e. The Kier molecular flexibility index (Phi) is 7.65. The third-order valence-electron chi connectivity index (χ3n) is 11.4. The van der Waals surface area contributed by atoms with Crippen LogP contribution in [0.1, 0.15) is 6.42 Å². The van der Waals surface area contributed by atoms with Crippen molar-refractivity contribution in [2.75, 3.05) is 12.3 Å². The van der Waals surface area contributed by atoms with Gasteiger partial charge in [-0.1, -0.05) is 121 Å². The van der Waals surface area contributed by atoms with E-state index in [1.54, 1.807) is 0 Å². The Bertz CT molecular complexity index is 3030. The molecule has 6 heteroatoms. The molecule has 0 spiro atoms. The summed E-state index contributed by atoms with van der Waals surface area (Å²) in [6.07, 6.45) is 3.00. The molecule has 8 aromatic carbocycles. The fourth-order valence-electron chi connectivity index (χ4n) is 9.05. The van der Waals surface area contributed by atoms with Crippen LogP contribution in [0, 0.1) is 0 Å². The van der Waals surface area contributed by atoms with Gasteiger partial charge in [0.25, 0.3) is 0 Å². The number of rotatable bonds is 8. The molecule has 0 aliphatic carbocycles. The van der Waals surface area contributed by atoms with Gasteiger partial charge < -0.3 is 17.7 Å². The first-order valence-corrected chi connectivity index (χ1v) is 22.5. The van der Waals surface area contributed by atoms with E-state index in [1.807, 2.05) is 0 Å². The first-order chi connectivity index (χ1) is 28.3. The summed E-state index contributed by atoms with van der Waals surface area (Å²) in [5, 5.41) is 14.9. The molecular weight excluding hydrogens is 739 g/mol. The summed E-state index contributed by atoms with van der Waals surface area (Å²) in [6, 6.07) is 60.4. The summed E-state index contributed by atoms with van der Waals surface area (Å²) in [5.41, 5.74) is 7.43. The summed E-state index contributed by atoms with van der Waals surface area (Å²) in [5.74, 6) is 0. The zero-order valence-electron chi connectivity index (χ0n) is 30.8. The minimum Gasteiger partial charge on any atom is -0.456 e. The summed E-state index contributed by atoms with van der Waals surface area (Å²) in [6.45, 7) is 0. The van der Waals surface area contributed by atoms with Crippen LogP contribution in [0.3, 0.4) is 0 Å². The van der Waals surface area contributed by atoms with Crippen LogP contribution in [0.2, 0.25) is 0 Å². The van der Waals surface area contributed by atoms with Crippen LogP contribution >= 0.6 is 15.8 Å². The molecule has 0 atom stereocenters. The van der Waals surface area contributed by atoms with Gasteiger partial charge in [0.05, 0.1) is 0 Å². The van der Waals surface area contributed by atoms with Gasteiger partial charge in [-0.25, -0.2) is 0 Å². The van der Waals surface area contributed by atoms with Crippen LogP contribution in [0.5, 0.6) is 0 Å². The molecule has 0 aliphatic heterocycles. The van der Waals surface area contributed by atoms with Crippen molar-refractivity contribution in [1.29, 1.82) is 0 Å². The lowest BCUT2D eigenvalue weighted by Crippen LogP contribution is -2.19. The third kappa shape index (κ3) is 5.21. The average Bonchev–Trinajstić information content (AvgIpc) is 4.03. The van der Waals surface area contributed by atoms with E-state index in [1.165, 1.54) is 64.3 Å². The van der Waals surface area contributed by atoms with Crippen LogP contribution in [-0.2, 0) is 0 Å². The van der Waals surface area contributed by atoms with Gasteiger partial charge in [-0.15, -0.1) is 0 Å². The van der Waals surface area contributed by atoms with Crippen LogP contribution in [0.15, 0.2) is 188 Å². The first kappa shape index (κ1) is 33.0. The zero-order valence-corrected chi connectivity index (χ0v) is 32.6. The lowest BCUT2D eigenvalue weighted by molar-refractivity contribution is 0.668. The maximum Gasteiger partial charge on any atom is 0.136 e. The van der Waals surface area contributed by atoms with E-state index in [2.05, 4.69) is 170 Å². The van der Waals surface area contributed by atoms with Crippen molar-refractivity contribution in [1.82, 2.24) is 0 Å². The van der Waals surface area contributed by atoms with Crippen molar-refractivity contribution < 1.29 is 17.7 Å². The molecule has 0 unspecified atom stereocenters. The molecule has 0 amide bonds. The van der Waals surface area contributed by atoms with E-state index >= 15 is 0 Å². The molecule has 12 rings (SSSR count). The number of benzene rings is 8. The molecule has 12 aromatic rings. The molecule has 0 saturated heterocycles. The second-order valence-electron chi connectivity index (χ2n) is 14.7. The number of furan rings is 4. The van der Waals surface area contributed by atoms with Gasteiger partial charge in [0.2, 0.25) is 0 Å². The molecule has 4 nitrogen and oxygen atoms in total. The number of para-hydroxylation sites is 4. The Hall–Kier alpha value is -6.18. The predicted molar refractivity (Wildman–Crippen MR) is 242 cm³/mol. The molecule has 0 aliphatic rings. The summed E-state index contributed by atoms with van der Waals surface area (Å²) in [7, 11) is -1.74. The average molecular weight is 773 g/mol. The quantitative estimate of drug-likeness (QED) is 0.144. The topological polar surface area (TPSA) is 52.6 Å². The number of hydrogen-bond donors (Lipinski definition) is 0. The van der Waals surface area contributed by atoms with Crippen molar-refractivity contribution in [3.63, 3.8) is 0 Å². The van der Waals surface area contributed by atoms with Gasteiger partial charge in [0.1, 0.15) is 44.7 Å². The second-order valence-corrected chi connectivity index (χ2v) is 19.2. The Balaban J connectivity index is 1.05. The van der Waals surface area contributed by atoms with Gasteiger partial charge in [-0.3, -0.25) is 0 Å². The molecule has 0 fully saturated rings. The highest BCUT2D eigenvalue weighted by atomic mass is 31.1. The summed E-state index contributed by atoms with van der Waals surface area (Å²) >= 11 is 0. The van der Waals surface area contributed by atoms with Gasteiger partial charge >= 0.3 is 0 Å². The lowest BCUT2D eigenvalue weighted by Gasteiger charge is -2.24. The van der Waals surface area contributed by atoms with Crippen molar-refractivity contribution >= 4 is 125 Å². The van der Waals surface area contributed by atoms with Gasteiger partial charge in [-0.2, -0.15) is 0 Å². The standard InChI is InChI=1S/C51H34O4P2/c1-5-18-36-32(14-1)48-40(52-36)22-9-26-44(48)56(45-27-10-23-41-49(45)33-15-2-6-19-37(33)53-41)30-13-31-57(46-28-11-24-42-50(46)34-16-3-7-20-38(34)54-42)47-29-12-25-43-51(47)35-17-4-8-21-39(35)55-43/h1-12,14-29H,13,30-31H2. The van der Waals surface area contributed by atoms with E-state index in [0.29, 0.717) is 0 Å². The highest BCUT2D eigenvalue weighted by molar-refractivity contribution is 7.75. The molecule has 0 N–H and O–H groups in total. The number of fused-ring (bicyclic) bond motifs is 12. The molecule has 272 valence electrons. The van der Waals surface area contributed by atoms with Gasteiger partial charge in [0, 0.05) is 43.1 Å². The van der Waals surface area contributed by atoms with E-state index in [-0.39, 0.29) is 0 Å². The monoisotopic (exact) mass is 772 g/mol. The van der Waals surface area contributed by atoms with Crippen LogP contribution < -0.4 is 21.2 Å². The van der Waals surface area contributed by atoms with Crippen LogP contribution in [-0.4, -0.2) is 12.3 Å². The Morgan fingerprint density at radius 2 is 0.509 bits per heavy atom. The van der Waals surface area contributed by atoms with Crippen LogP contribution in [0.4, 0.5) is 0 Å². The number of hydrogen-bond acceptors (Lipinski definition) is 4. The molecule has 0 bridgehead atoms. The van der Waals surface area contributed by atoms with E-state index in [0.717, 1.165) is 63.4 Å². The highest BCUT2D eigenvalue weighted by Gasteiger charge is 2.27. The van der Waals surface area contributed by atoms with Crippen molar-refractivity contribution in [3.8, 4) is 0 Å². The maximum absolute atomic E-state index is 6.49. The minimum absolute atomic E-state index is 0.868. The Morgan fingerprint density at radius 3 is 0.789 bits per heavy atom. The summed E-state index contributed by atoms with van der Waals surface area (Å²) < 4.78 is 26.0. The second kappa shape index (κ2) is 13.2. The normalized spacial score (nSPS) is 12.4. The fraction of sp³-hybridized carbons (Fsp3) is 0.0588. The molecule has 4 heterocycles. The minimum atomic E-state index is -0.868. The van der Waals surface area contributed by atoms with Crippen molar-refractivity contribution in [2.24, 2.45) is 0 Å². The zero-order chi connectivity index (χ0) is 37.5. The van der Waals surface area contributed by atoms with Crippen molar-refractivity contribution in [2.45, 2.75) is 6.42 Å². The fourth-order valence-corrected chi connectivity index (χ4v) is 14.8. The van der Waals surface area contributed by atoms with E-state index in [9.17, 15) is 0 Å². The maximum atomic E-state index is 6.49. The van der Waals surface area contributed by atoms with E-state index in [4.69, 9.17) is 17.7 Å². The smallest absolute Gasteiger partial charge is 0.136 e. The van der Waals surface area contributed by atoms with Gasteiger partial charge in [0.15, 0.2) is 0 Å².